The molecule has 0 fully saturated rings. The van der Waals surface area contributed by atoms with Gasteiger partial charge in [-0.1, -0.05) is 59.5 Å². The summed E-state index contributed by atoms with van der Waals surface area (Å²) in [7, 11) is 0. The van der Waals surface area contributed by atoms with Crippen molar-refractivity contribution < 1.29 is 0 Å². The van der Waals surface area contributed by atoms with E-state index in [1.807, 2.05) is 0 Å². The highest BCUT2D eigenvalue weighted by molar-refractivity contribution is 9.10. The molecule has 0 aliphatic heterocycles. The van der Waals surface area contributed by atoms with E-state index in [-0.39, 0.29) is 0 Å². The molecule has 1 aliphatic rings. The highest BCUT2D eigenvalue weighted by Crippen LogP contribution is 2.30. The lowest BCUT2D eigenvalue weighted by Gasteiger charge is -2.24. The minimum absolute atomic E-state index is 0.393. The Balaban J connectivity index is 2.26. The quantitative estimate of drug-likeness (QED) is 0.697. The van der Waals surface area contributed by atoms with Gasteiger partial charge in [-0.25, -0.2) is 0 Å². The molecule has 1 aliphatic carbocycles. The van der Waals surface area contributed by atoms with Crippen molar-refractivity contribution in [3.8, 4) is 0 Å². The van der Waals surface area contributed by atoms with Gasteiger partial charge in [-0.3, -0.25) is 0 Å². The van der Waals surface area contributed by atoms with E-state index in [1.165, 1.54) is 54.1 Å². The summed E-state index contributed by atoms with van der Waals surface area (Å²) in [5.74, 6) is 0. The van der Waals surface area contributed by atoms with Crippen LogP contribution in [0.1, 0.15) is 62.6 Å². The van der Waals surface area contributed by atoms with Crippen LogP contribution in [0.4, 0.5) is 0 Å². The van der Waals surface area contributed by atoms with Crippen LogP contribution in [-0.4, -0.2) is 6.54 Å². The Labute approximate surface area is 132 Å². The summed E-state index contributed by atoms with van der Waals surface area (Å²) in [5, 5.41) is 3.68. The zero-order valence-corrected chi connectivity index (χ0v) is 14.3. The fourth-order valence-corrected chi connectivity index (χ4v) is 3.24. The Bertz CT molecular complexity index is 464. The summed E-state index contributed by atoms with van der Waals surface area (Å²) in [4.78, 5) is 0. The number of rotatable bonds is 4. The number of aryl methyl sites for hydroxylation is 1. The third-order valence-electron chi connectivity index (χ3n) is 4.12. The molecule has 2 rings (SSSR count). The van der Waals surface area contributed by atoms with Crippen molar-refractivity contribution in [3.63, 3.8) is 0 Å². The minimum Gasteiger partial charge on any atom is -0.307 e. The lowest BCUT2D eigenvalue weighted by molar-refractivity contribution is 0.554. The first-order valence-electron chi connectivity index (χ1n) is 7.90. The van der Waals surface area contributed by atoms with E-state index in [1.54, 1.807) is 5.57 Å². The van der Waals surface area contributed by atoms with Crippen LogP contribution in [0.2, 0.25) is 0 Å². The number of allylic oxidation sites excluding steroid dienone is 1. The van der Waals surface area contributed by atoms with Crippen molar-refractivity contribution in [3.05, 3.63) is 45.4 Å². The summed E-state index contributed by atoms with van der Waals surface area (Å²) in [6.07, 6.45) is 10.4. The average Bonchev–Trinajstić information content (AvgIpc) is 2.40. The molecule has 1 aromatic carbocycles. The van der Waals surface area contributed by atoms with Crippen LogP contribution in [0, 0.1) is 6.92 Å². The molecule has 0 saturated carbocycles. The molecule has 110 valence electrons. The smallest absolute Gasteiger partial charge is 0.0536 e. The molecule has 0 spiro atoms. The molecule has 20 heavy (non-hydrogen) atoms. The topological polar surface area (TPSA) is 12.0 Å². The van der Waals surface area contributed by atoms with E-state index in [2.05, 4.69) is 59.4 Å². The maximum Gasteiger partial charge on any atom is 0.0536 e. The van der Waals surface area contributed by atoms with Crippen LogP contribution in [0.3, 0.4) is 0 Å². The van der Waals surface area contributed by atoms with E-state index >= 15 is 0 Å². The molecule has 1 aromatic rings. The average molecular weight is 336 g/mol. The minimum atomic E-state index is 0.393. The van der Waals surface area contributed by atoms with Crippen molar-refractivity contribution in [2.45, 2.75) is 58.4 Å². The fourth-order valence-electron chi connectivity index (χ4n) is 2.99. The normalized spacial score (nSPS) is 20.6. The van der Waals surface area contributed by atoms with E-state index in [4.69, 9.17) is 0 Å². The van der Waals surface area contributed by atoms with Crippen LogP contribution in [-0.2, 0) is 0 Å². The van der Waals surface area contributed by atoms with Gasteiger partial charge >= 0.3 is 0 Å². The predicted octanol–water partition coefficient (Wildman–Crippen LogP) is 5.69. The summed E-state index contributed by atoms with van der Waals surface area (Å²) in [5.41, 5.74) is 4.31. The van der Waals surface area contributed by atoms with Gasteiger partial charge in [-0.2, -0.15) is 0 Å². The van der Waals surface area contributed by atoms with Crippen molar-refractivity contribution in [1.29, 1.82) is 0 Å². The molecular formula is C18H26BrN. The van der Waals surface area contributed by atoms with E-state index in [0.717, 1.165) is 6.54 Å². The van der Waals surface area contributed by atoms with Crippen LogP contribution in [0.5, 0.6) is 0 Å². The number of hydrogen-bond acceptors (Lipinski definition) is 1. The van der Waals surface area contributed by atoms with Crippen molar-refractivity contribution >= 4 is 15.9 Å². The Morgan fingerprint density at radius 3 is 2.75 bits per heavy atom. The first kappa shape index (κ1) is 15.8. The first-order chi connectivity index (χ1) is 9.72. The van der Waals surface area contributed by atoms with E-state index in [9.17, 15) is 0 Å². The third-order valence-corrected chi connectivity index (χ3v) is 5.01. The van der Waals surface area contributed by atoms with Crippen LogP contribution >= 0.6 is 15.9 Å². The number of benzene rings is 1. The molecule has 1 unspecified atom stereocenters. The second-order valence-electron chi connectivity index (χ2n) is 5.73. The van der Waals surface area contributed by atoms with Crippen LogP contribution < -0.4 is 5.32 Å². The van der Waals surface area contributed by atoms with Gasteiger partial charge in [0.2, 0.25) is 0 Å². The SMILES string of the molecule is CCNC(/C1=C/CCCCCC1)c1ccc(Br)c(C)c1. The number of nitrogens with one attached hydrogen (secondary N) is 1. The Morgan fingerprint density at radius 2 is 2.00 bits per heavy atom. The van der Waals surface area contributed by atoms with Gasteiger partial charge in [0.05, 0.1) is 6.04 Å². The summed E-state index contributed by atoms with van der Waals surface area (Å²) >= 11 is 3.60. The van der Waals surface area contributed by atoms with Gasteiger partial charge in [-0.05, 0) is 56.3 Å². The van der Waals surface area contributed by atoms with E-state index in [0.29, 0.717) is 6.04 Å². The zero-order valence-electron chi connectivity index (χ0n) is 12.7. The molecule has 2 heteroatoms. The molecule has 0 aromatic heterocycles. The summed E-state index contributed by atoms with van der Waals surface area (Å²) < 4.78 is 1.20. The highest BCUT2D eigenvalue weighted by Gasteiger charge is 2.16. The lowest BCUT2D eigenvalue weighted by Crippen LogP contribution is -2.23. The lowest BCUT2D eigenvalue weighted by atomic mass is 9.90. The predicted molar refractivity (Wildman–Crippen MR) is 91.1 cm³/mol. The van der Waals surface area contributed by atoms with E-state index < -0.39 is 0 Å². The monoisotopic (exact) mass is 335 g/mol. The van der Waals surface area contributed by atoms with Crippen molar-refractivity contribution in [1.82, 2.24) is 5.32 Å². The van der Waals surface area contributed by atoms with Crippen molar-refractivity contribution in [2.75, 3.05) is 6.54 Å². The molecule has 0 radical (unpaired) electrons. The number of likely N-dealkylation sites (N-methyl/N-ethyl adjacent to an activating group) is 1. The second kappa shape index (κ2) is 7.99. The van der Waals surface area contributed by atoms with Gasteiger partial charge in [0.15, 0.2) is 0 Å². The fraction of sp³-hybridized carbons (Fsp3) is 0.556. The molecule has 0 saturated heterocycles. The highest BCUT2D eigenvalue weighted by atomic mass is 79.9. The van der Waals surface area contributed by atoms with Crippen LogP contribution in [0.25, 0.3) is 0 Å². The largest absolute Gasteiger partial charge is 0.307 e. The van der Waals surface area contributed by atoms with Gasteiger partial charge in [0.1, 0.15) is 0 Å². The zero-order chi connectivity index (χ0) is 14.4. The summed E-state index contributed by atoms with van der Waals surface area (Å²) in [6, 6.07) is 7.14. The van der Waals surface area contributed by atoms with Crippen LogP contribution in [0.15, 0.2) is 34.3 Å². The Kier molecular flexibility index (Phi) is 6.31. The Morgan fingerprint density at radius 1 is 1.20 bits per heavy atom. The first-order valence-corrected chi connectivity index (χ1v) is 8.70. The molecule has 0 bridgehead atoms. The standard InChI is InChI=1S/C18H26BrN/c1-3-20-18(15-9-7-5-4-6-8-10-15)16-11-12-17(19)14(2)13-16/h9,11-13,18,20H,3-8,10H2,1-2H3/b15-9+. The molecule has 1 nitrogen and oxygen atoms in total. The molecule has 0 amide bonds. The van der Waals surface area contributed by atoms with Gasteiger partial charge in [0, 0.05) is 4.47 Å². The maximum absolute atomic E-state index is 3.68. The number of hydrogen-bond donors (Lipinski definition) is 1. The van der Waals surface area contributed by atoms with Gasteiger partial charge in [-0.15, -0.1) is 0 Å². The Hall–Kier alpha value is -0.600. The van der Waals surface area contributed by atoms with Gasteiger partial charge < -0.3 is 5.32 Å². The molecule has 1 atom stereocenters. The maximum atomic E-state index is 3.68. The number of halogens is 1. The van der Waals surface area contributed by atoms with Crippen molar-refractivity contribution in [2.24, 2.45) is 0 Å². The molecule has 0 heterocycles. The van der Waals surface area contributed by atoms with Gasteiger partial charge in [0.25, 0.3) is 0 Å². The molecular weight excluding hydrogens is 310 g/mol. The third kappa shape index (κ3) is 4.20. The molecule has 1 N–H and O–H groups in total. The summed E-state index contributed by atoms with van der Waals surface area (Å²) in [6.45, 7) is 5.38. The second-order valence-corrected chi connectivity index (χ2v) is 6.59.